The summed E-state index contributed by atoms with van der Waals surface area (Å²) in [5.41, 5.74) is 4.71. The van der Waals surface area contributed by atoms with Gasteiger partial charge >= 0.3 is 5.97 Å². The van der Waals surface area contributed by atoms with Crippen molar-refractivity contribution in [2.75, 3.05) is 13.2 Å². The van der Waals surface area contributed by atoms with E-state index >= 15 is 0 Å². The molecule has 0 aliphatic carbocycles. The van der Waals surface area contributed by atoms with Crippen LogP contribution < -0.4 is 11.1 Å². The van der Waals surface area contributed by atoms with Gasteiger partial charge in [-0.3, -0.25) is 9.59 Å². The first kappa shape index (κ1) is 17.9. The van der Waals surface area contributed by atoms with Crippen molar-refractivity contribution in [3.8, 4) is 0 Å². The smallest absolute Gasteiger partial charge is 0.335 e. The summed E-state index contributed by atoms with van der Waals surface area (Å²) in [6.45, 7) is 1.05. The van der Waals surface area contributed by atoms with Gasteiger partial charge in [-0.15, -0.1) is 0 Å². The van der Waals surface area contributed by atoms with E-state index in [-0.39, 0.29) is 23.5 Å². The van der Waals surface area contributed by atoms with Crippen molar-refractivity contribution in [3.63, 3.8) is 0 Å². The number of carboxylic acids is 1. The van der Waals surface area contributed by atoms with Gasteiger partial charge in [0.25, 0.3) is 5.91 Å². The van der Waals surface area contributed by atoms with Crippen molar-refractivity contribution in [1.82, 2.24) is 5.32 Å². The van der Waals surface area contributed by atoms with Crippen LogP contribution in [0.1, 0.15) is 40.0 Å². The number of primary amides is 1. The van der Waals surface area contributed by atoms with Gasteiger partial charge in [0.2, 0.25) is 5.91 Å². The third kappa shape index (κ3) is 4.51. The predicted octanol–water partition coefficient (Wildman–Crippen LogP) is 0.924. The Morgan fingerprint density at radius 2 is 2.00 bits per heavy atom. The molecule has 0 saturated carbocycles. The number of rotatable bonds is 6. The number of carboxylic acid groups (broad SMARTS) is 1. The fraction of sp³-hybridized carbons (Fsp3) is 0.438. The summed E-state index contributed by atoms with van der Waals surface area (Å²) in [6, 6.07) is 2.53. The van der Waals surface area contributed by atoms with E-state index in [4.69, 9.17) is 15.6 Å². The maximum atomic E-state index is 14.0. The number of benzene rings is 1. The number of nitrogens with one attached hydrogen (secondary N) is 1. The van der Waals surface area contributed by atoms with Crippen LogP contribution in [-0.2, 0) is 9.53 Å². The van der Waals surface area contributed by atoms with E-state index in [1.54, 1.807) is 0 Å². The van der Waals surface area contributed by atoms with Crippen LogP contribution in [0.5, 0.6) is 0 Å². The van der Waals surface area contributed by atoms with Crippen LogP contribution in [-0.4, -0.2) is 42.1 Å². The van der Waals surface area contributed by atoms with Crippen LogP contribution in [0.15, 0.2) is 18.2 Å². The lowest BCUT2D eigenvalue weighted by Crippen LogP contribution is -2.44. The summed E-state index contributed by atoms with van der Waals surface area (Å²) in [4.78, 5) is 34.4. The lowest BCUT2D eigenvalue weighted by Gasteiger charge is -2.30. The lowest BCUT2D eigenvalue weighted by molar-refractivity contribution is -0.118. The molecule has 7 nitrogen and oxygen atoms in total. The van der Waals surface area contributed by atoms with Gasteiger partial charge in [-0.25, -0.2) is 9.18 Å². The van der Waals surface area contributed by atoms with Gasteiger partial charge in [-0.05, 0) is 37.0 Å². The van der Waals surface area contributed by atoms with Crippen molar-refractivity contribution in [3.05, 3.63) is 35.1 Å². The largest absolute Gasteiger partial charge is 0.478 e. The molecule has 1 aliphatic heterocycles. The van der Waals surface area contributed by atoms with E-state index in [2.05, 4.69) is 5.32 Å². The Morgan fingerprint density at radius 1 is 1.33 bits per heavy atom. The number of halogens is 1. The lowest BCUT2D eigenvalue weighted by atomic mass is 9.89. The molecule has 2 rings (SSSR count). The zero-order valence-corrected chi connectivity index (χ0v) is 13.0. The summed E-state index contributed by atoms with van der Waals surface area (Å²) in [6.07, 6.45) is 1.28. The molecule has 0 radical (unpaired) electrons. The third-order valence-corrected chi connectivity index (χ3v) is 4.03. The highest BCUT2D eigenvalue weighted by Gasteiger charge is 2.28. The molecular formula is C16H19FN2O5. The number of carbonyl (C=O) groups is 3. The van der Waals surface area contributed by atoms with Gasteiger partial charge in [-0.1, -0.05) is 0 Å². The van der Waals surface area contributed by atoms with Crippen molar-refractivity contribution < 1.29 is 28.6 Å². The maximum absolute atomic E-state index is 14.0. The topological polar surface area (TPSA) is 119 Å². The van der Waals surface area contributed by atoms with Crippen molar-refractivity contribution in [1.29, 1.82) is 0 Å². The first-order valence-corrected chi connectivity index (χ1v) is 7.58. The Hall–Kier alpha value is -2.48. The maximum Gasteiger partial charge on any atom is 0.335 e. The number of hydrogen-bond acceptors (Lipinski definition) is 4. The van der Waals surface area contributed by atoms with Crippen LogP contribution in [0.25, 0.3) is 0 Å². The molecule has 1 fully saturated rings. The Bertz CT molecular complexity index is 643. The monoisotopic (exact) mass is 338 g/mol. The first-order valence-electron chi connectivity index (χ1n) is 7.58. The number of amides is 2. The van der Waals surface area contributed by atoms with Crippen LogP contribution in [0.2, 0.25) is 0 Å². The molecule has 2 amide bonds. The van der Waals surface area contributed by atoms with Crippen molar-refractivity contribution in [2.45, 2.75) is 25.3 Å². The molecule has 1 atom stereocenters. The molecule has 0 bridgehead atoms. The highest BCUT2D eigenvalue weighted by Crippen LogP contribution is 2.21. The van der Waals surface area contributed by atoms with E-state index in [0.717, 1.165) is 18.2 Å². The minimum atomic E-state index is -1.28. The van der Waals surface area contributed by atoms with E-state index in [9.17, 15) is 18.8 Å². The van der Waals surface area contributed by atoms with Gasteiger partial charge in [0.05, 0.1) is 11.1 Å². The van der Waals surface area contributed by atoms with Crippen LogP contribution in [0, 0.1) is 11.7 Å². The highest BCUT2D eigenvalue weighted by atomic mass is 19.1. The summed E-state index contributed by atoms with van der Waals surface area (Å²) in [7, 11) is 0. The molecular weight excluding hydrogens is 319 g/mol. The second-order valence-electron chi connectivity index (χ2n) is 5.70. The molecule has 1 aromatic carbocycles. The van der Waals surface area contributed by atoms with E-state index in [0.29, 0.717) is 26.1 Å². The third-order valence-electron chi connectivity index (χ3n) is 4.03. The first-order chi connectivity index (χ1) is 11.4. The molecule has 0 aromatic heterocycles. The highest BCUT2D eigenvalue weighted by molar-refractivity contribution is 5.96. The molecule has 1 aromatic rings. The van der Waals surface area contributed by atoms with E-state index in [1.807, 2.05) is 0 Å². The fourth-order valence-corrected chi connectivity index (χ4v) is 2.75. The predicted molar refractivity (Wildman–Crippen MR) is 82.0 cm³/mol. The molecule has 130 valence electrons. The average Bonchev–Trinajstić information content (AvgIpc) is 2.54. The number of aromatic carboxylic acids is 1. The summed E-state index contributed by atoms with van der Waals surface area (Å²) >= 11 is 0. The molecule has 1 unspecified atom stereocenters. The number of ether oxygens (including phenoxy) is 1. The van der Waals surface area contributed by atoms with Gasteiger partial charge in [0.1, 0.15) is 5.82 Å². The number of carbonyl (C=O) groups excluding carboxylic acids is 2. The van der Waals surface area contributed by atoms with Gasteiger partial charge in [0, 0.05) is 25.7 Å². The standard InChI is InChI=1S/C16H19FN2O5/c17-12-7-10(16(22)23)1-2-11(12)15(21)19-13(8-14(18)20)9-3-5-24-6-4-9/h1-2,7,9,13H,3-6,8H2,(H2,18,20)(H,19,21)(H,22,23). The molecule has 24 heavy (non-hydrogen) atoms. The minimum Gasteiger partial charge on any atom is -0.478 e. The summed E-state index contributed by atoms with van der Waals surface area (Å²) in [5.74, 6) is -3.47. The zero-order valence-electron chi connectivity index (χ0n) is 13.0. The Kier molecular flexibility index (Phi) is 5.86. The fourth-order valence-electron chi connectivity index (χ4n) is 2.75. The zero-order chi connectivity index (χ0) is 17.7. The van der Waals surface area contributed by atoms with Crippen molar-refractivity contribution >= 4 is 17.8 Å². The van der Waals surface area contributed by atoms with E-state index in [1.165, 1.54) is 0 Å². The molecule has 0 spiro atoms. The van der Waals surface area contributed by atoms with Gasteiger partial charge < -0.3 is 20.9 Å². The molecule has 1 heterocycles. The summed E-state index contributed by atoms with van der Waals surface area (Å²) in [5, 5.41) is 11.5. The SMILES string of the molecule is NC(=O)CC(NC(=O)c1ccc(C(=O)O)cc1F)C1CCOCC1. The molecule has 4 N–H and O–H groups in total. The normalized spacial score (nSPS) is 16.4. The van der Waals surface area contributed by atoms with Crippen LogP contribution in [0.3, 0.4) is 0 Å². The average molecular weight is 338 g/mol. The quantitative estimate of drug-likeness (QED) is 0.713. The van der Waals surface area contributed by atoms with Gasteiger partial charge in [-0.2, -0.15) is 0 Å². The van der Waals surface area contributed by atoms with Gasteiger partial charge in [0.15, 0.2) is 0 Å². The minimum absolute atomic E-state index is 0.0107. The molecule has 1 aliphatic rings. The van der Waals surface area contributed by atoms with E-state index < -0.39 is 29.6 Å². The second-order valence-corrected chi connectivity index (χ2v) is 5.70. The van der Waals surface area contributed by atoms with Crippen LogP contribution >= 0.6 is 0 Å². The van der Waals surface area contributed by atoms with Crippen LogP contribution in [0.4, 0.5) is 4.39 Å². The Balaban J connectivity index is 2.14. The molecule has 1 saturated heterocycles. The van der Waals surface area contributed by atoms with Crippen molar-refractivity contribution in [2.24, 2.45) is 11.7 Å². The molecule has 8 heteroatoms. The Morgan fingerprint density at radius 3 is 2.54 bits per heavy atom. The Labute approximate surface area is 138 Å². The number of hydrogen-bond donors (Lipinski definition) is 3. The summed E-state index contributed by atoms with van der Waals surface area (Å²) < 4.78 is 19.2. The number of nitrogens with two attached hydrogens (primary N) is 1. The second kappa shape index (κ2) is 7.87.